The van der Waals surface area contributed by atoms with Crippen LogP contribution in [0.2, 0.25) is 0 Å². The van der Waals surface area contributed by atoms with Crippen molar-refractivity contribution in [3.8, 4) is 0 Å². The van der Waals surface area contributed by atoms with Crippen molar-refractivity contribution < 1.29 is 23.9 Å². The van der Waals surface area contributed by atoms with Crippen LogP contribution in [0.1, 0.15) is 12.0 Å². The van der Waals surface area contributed by atoms with Crippen LogP contribution >= 0.6 is 47.8 Å². The predicted molar refractivity (Wildman–Crippen MR) is 119 cm³/mol. The highest BCUT2D eigenvalue weighted by molar-refractivity contribution is 9.12. The number of ether oxygens (including phenoxy) is 1. The first-order valence-electron chi connectivity index (χ1n) is 9.54. The molecule has 2 bridgehead atoms. The second-order valence-corrected chi connectivity index (χ2v) is 10.9. The van der Waals surface area contributed by atoms with Gasteiger partial charge in [-0.25, -0.2) is 0 Å². The highest BCUT2D eigenvalue weighted by Crippen LogP contribution is 2.60. The molecule has 2 aliphatic carbocycles. The van der Waals surface area contributed by atoms with Crippen molar-refractivity contribution >= 4 is 77.2 Å². The molecule has 0 aromatic heterocycles. The van der Waals surface area contributed by atoms with Crippen molar-refractivity contribution in [1.82, 2.24) is 4.90 Å². The van der Waals surface area contributed by atoms with Gasteiger partial charge in [-0.2, -0.15) is 0 Å². The molecule has 1 aliphatic heterocycles. The van der Waals surface area contributed by atoms with Crippen LogP contribution in [0.3, 0.4) is 0 Å². The number of hydrogen-bond donors (Lipinski definition) is 1. The fraction of sp³-hybridized carbons (Fsp3) is 0.500. The Balaban J connectivity index is 1.31. The molecule has 1 N–H and O–H groups in total. The Bertz CT molecular complexity index is 907. The molecule has 0 unspecified atom stereocenters. The van der Waals surface area contributed by atoms with Gasteiger partial charge in [0, 0.05) is 19.8 Å². The summed E-state index contributed by atoms with van der Waals surface area (Å²) in [7, 11) is 0. The van der Waals surface area contributed by atoms with E-state index in [9.17, 15) is 19.2 Å². The Morgan fingerprint density at radius 1 is 1.13 bits per heavy atom. The number of halogens is 3. The van der Waals surface area contributed by atoms with Gasteiger partial charge in [-0.1, -0.05) is 47.8 Å². The summed E-state index contributed by atoms with van der Waals surface area (Å²) < 4.78 is 5.92. The number of benzene rings is 1. The number of hydrogen-bond acceptors (Lipinski definition) is 5. The van der Waals surface area contributed by atoms with Gasteiger partial charge in [0.2, 0.25) is 11.8 Å². The summed E-state index contributed by atoms with van der Waals surface area (Å²) in [5.41, 5.74) is 1.53. The van der Waals surface area contributed by atoms with Gasteiger partial charge in [0.15, 0.2) is 6.61 Å². The number of anilines is 1. The minimum absolute atomic E-state index is 0.0852. The van der Waals surface area contributed by atoms with E-state index in [2.05, 4.69) is 53.1 Å². The number of amides is 3. The van der Waals surface area contributed by atoms with E-state index < -0.39 is 25.0 Å². The second kappa shape index (κ2) is 8.35. The lowest BCUT2D eigenvalue weighted by atomic mass is 9.81. The van der Waals surface area contributed by atoms with Crippen molar-refractivity contribution in [3.05, 3.63) is 28.2 Å². The van der Waals surface area contributed by atoms with E-state index in [4.69, 9.17) is 4.74 Å². The van der Waals surface area contributed by atoms with Crippen LogP contribution in [0.15, 0.2) is 22.7 Å². The molecule has 3 amide bonds. The third kappa shape index (κ3) is 3.75. The Hall–Kier alpha value is -1.26. The Kier molecular flexibility index (Phi) is 6.11. The lowest BCUT2D eigenvalue weighted by Crippen LogP contribution is -2.38. The molecule has 1 aromatic carbocycles. The van der Waals surface area contributed by atoms with Crippen molar-refractivity contribution in [2.45, 2.75) is 23.0 Å². The first-order chi connectivity index (χ1) is 14.2. The zero-order chi connectivity index (χ0) is 21.7. The first-order valence-corrected chi connectivity index (χ1v) is 12.2. The number of rotatable bonds is 5. The summed E-state index contributed by atoms with van der Waals surface area (Å²) in [6, 6.07) is 5.31. The number of carbonyl (C=O) groups is 4. The largest absolute Gasteiger partial charge is 0.454 e. The predicted octanol–water partition coefficient (Wildman–Crippen LogP) is 3.02. The topological polar surface area (TPSA) is 92.8 Å². The van der Waals surface area contributed by atoms with E-state index in [0.29, 0.717) is 5.69 Å². The van der Waals surface area contributed by atoms with E-state index in [1.807, 2.05) is 6.92 Å². The number of fused-ring (bicyclic) bond motifs is 5. The van der Waals surface area contributed by atoms with Crippen molar-refractivity contribution in [1.29, 1.82) is 0 Å². The van der Waals surface area contributed by atoms with E-state index >= 15 is 0 Å². The van der Waals surface area contributed by atoms with Gasteiger partial charge in [-0.3, -0.25) is 24.1 Å². The Labute approximate surface area is 198 Å². The number of nitrogens with one attached hydrogen (secondary N) is 1. The highest BCUT2D eigenvalue weighted by atomic mass is 79.9. The first kappa shape index (κ1) is 22.0. The molecule has 10 heteroatoms. The smallest absolute Gasteiger partial charge is 0.326 e. The van der Waals surface area contributed by atoms with E-state index in [0.717, 1.165) is 21.4 Å². The minimum atomic E-state index is -0.781. The number of carbonyl (C=O) groups excluding carboxylic acids is 4. The third-order valence-electron chi connectivity index (χ3n) is 6.17. The maximum absolute atomic E-state index is 12.8. The summed E-state index contributed by atoms with van der Waals surface area (Å²) in [5, 5.41) is 2.64. The van der Waals surface area contributed by atoms with Crippen LogP contribution in [-0.4, -0.2) is 51.4 Å². The molecule has 3 aliphatic rings. The molecule has 1 saturated heterocycles. The summed E-state index contributed by atoms with van der Waals surface area (Å²) in [4.78, 5) is 51.1. The quantitative estimate of drug-likeness (QED) is 0.316. The molecule has 1 heterocycles. The Morgan fingerprint density at radius 3 is 2.30 bits per heavy atom. The third-order valence-corrected chi connectivity index (χ3v) is 10.3. The molecule has 7 nitrogen and oxygen atoms in total. The number of likely N-dealkylation sites (tertiary alicyclic amines) is 1. The van der Waals surface area contributed by atoms with Gasteiger partial charge < -0.3 is 10.1 Å². The van der Waals surface area contributed by atoms with E-state index in [1.165, 1.54) is 0 Å². The van der Waals surface area contributed by atoms with Gasteiger partial charge in [-0.05, 0) is 48.9 Å². The van der Waals surface area contributed by atoms with Crippen LogP contribution < -0.4 is 5.32 Å². The molecule has 30 heavy (non-hydrogen) atoms. The second-order valence-electron chi connectivity index (χ2n) is 7.94. The number of aryl methyl sites for hydroxylation is 1. The maximum atomic E-state index is 12.8. The molecule has 3 fully saturated rings. The highest BCUT2D eigenvalue weighted by Gasteiger charge is 2.66. The summed E-state index contributed by atoms with van der Waals surface area (Å²) >= 11 is 10.6. The zero-order valence-electron chi connectivity index (χ0n) is 15.9. The zero-order valence-corrected chi connectivity index (χ0v) is 20.7. The van der Waals surface area contributed by atoms with Gasteiger partial charge in [0.25, 0.3) is 5.91 Å². The van der Waals surface area contributed by atoms with Crippen LogP contribution in [0, 0.1) is 30.6 Å². The normalized spacial score (nSPS) is 31.8. The summed E-state index contributed by atoms with van der Waals surface area (Å²) in [6.07, 6.45) is 0.826. The minimum Gasteiger partial charge on any atom is -0.454 e. The summed E-state index contributed by atoms with van der Waals surface area (Å²) in [6.45, 7) is 0.935. The monoisotopic (exact) mass is 604 g/mol. The van der Waals surface area contributed by atoms with Crippen LogP contribution in [0.4, 0.5) is 5.69 Å². The molecule has 6 atom stereocenters. The molecular weight excluding hydrogens is 588 g/mol. The molecular formula is C20H19Br3N2O5. The SMILES string of the molecule is Cc1cc(NC(=O)COC(=O)CN2C(=O)[C@@H]3[C@H]4C[C@@H]([C@H](Br)[C@H]4Br)[C@H]3C2=O)ccc1Br. The van der Waals surface area contributed by atoms with Crippen molar-refractivity contribution in [2.75, 3.05) is 18.5 Å². The fourth-order valence-electron chi connectivity index (χ4n) is 4.81. The fourth-order valence-corrected chi connectivity index (χ4v) is 6.93. The lowest BCUT2D eigenvalue weighted by molar-refractivity contribution is -0.154. The van der Waals surface area contributed by atoms with Crippen molar-refractivity contribution in [3.63, 3.8) is 0 Å². The standard InChI is InChI=1S/C20H19Br3N2O5/c1-8-4-9(2-3-12(8)21)24-13(26)7-30-14(27)6-25-19(28)15-10-5-11(16(15)20(25)29)18(23)17(10)22/h2-4,10-11,15-18H,5-7H2,1H3,(H,24,26)/t10-,11-,15-,16-,17+,18+/m1/s1. The van der Waals surface area contributed by atoms with Gasteiger partial charge in [0.05, 0.1) is 11.8 Å². The van der Waals surface area contributed by atoms with Crippen LogP contribution in [0.25, 0.3) is 0 Å². The average Bonchev–Trinajstić information content (AvgIpc) is 3.30. The number of imide groups is 1. The molecule has 160 valence electrons. The number of esters is 1. The maximum Gasteiger partial charge on any atom is 0.326 e. The molecule has 0 spiro atoms. The molecule has 2 saturated carbocycles. The lowest BCUT2D eigenvalue weighted by Gasteiger charge is -2.28. The average molecular weight is 607 g/mol. The van der Waals surface area contributed by atoms with Crippen molar-refractivity contribution in [2.24, 2.45) is 23.7 Å². The summed E-state index contributed by atoms with van der Waals surface area (Å²) in [5.74, 6) is -2.49. The molecule has 1 aromatic rings. The van der Waals surface area contributed by atoms with Gasteiger partial charge in [-0.15, -0.1) is 0 Å². The molecule has 4 rings (SSSR count). The van der Waals surface area contributed by atoms with Gasteiger partial charge >= 0.3 is 5.97 Å². The van der Waals surface area contributed by atoms with Crippen LogP contribution in [0.5, 0.6) is 0 Å². The number of alkyl halides is 2. The van der Waals surface area contributed by atoms with E-state index in [-0.39, 0.29) is 45.1 Å². The van der Waals surface area contributed by atoms with Gasteiger partial charge in [0.1, 0.15) is 6.54 Å². The Morgan fingerprint density at radius 2 is 1.73 bits per heavy atom. The molecule has 0 radical (unpaired) electrons. The van der Waals surface area contributed by atoms with Crippen LogP contribution in [-0.2, 0) is 23.9 Å². The number of nitrogens with zero attached hydrogens (tertiary/aromatic N) is 1. The van der Waals surface area contributed by atoms with E-state index in [1.54, 1.807) is 18.2 Å².